The van der Waals surface area contributed by atoms with Crippen LogP contribution in [0.15, 0.2) is 22.0 Å². The van der Waals surface area contributed by atoms with Gasteiger partial charge < -0.3 is 0 Å². The first-order valence-corrected chi connectivity index (χ1v) is 5.83. The second kappa shape index (κ2) is 3.32. The van der Waals surface area contributed by atoms with Crippen molar-refractivity contribution in [3.63, 3.8) is 0 Å². The maximum atomic E-state index is 11.0. The highest BCUT2D eigenvalue weighted by atomic mass is 35.7. The van der Waals surface area contributed by atoms with Crippen molar-refractivity contribution >= 4 is 31.3 Å². The summed E-state index contributed by atoms with van der Waals surface area (Å²) in [5.74, 6) is 0. The van der Waals surface area contributed by atoms with Crippen LogP contribution in [0.25, 0.3) is 0 Å². The maximum absolute atomic E-state index is 11.0. The Hall–Kier alpha value is -0.520. The van der Waals surface area contributed by atoms with E-state index in [0.717, 1.165) is 10.6 Å². The predicted octanol–water partition coefficient (Wildman–Crippen LogP) is 0.966. The van der Waals surface area contributed by atoms with Crippen LogP contribution >= 0.6 is 22.3 Å². The SMILES string of the molecule is Cn1c(S(=O)(=O)Cl)c(Cl)ccc1=O. The van der Waals surface area contributed by atoms with Crippen LogP contribution in [0.5, 0.6) is 0 Å². The number of pyridine rings is 1. The largest absolute Gasteiger partial charge is 0.300 e. The zero-order valence-corrected chi connectivity index (χ0v) is 8.82. The van der Waals surface area contributed by atoms with Gasteiger partial charge in [-0.2, -0.15) is 0 Å². The third-order valence-corrected chi connectivity index (χ3v) is 3.25. The molecule has 0 saturated heterocycles. The molecule has 0 atom stereocenters. The molecule has 1 aromatic heterocycles. The Morgan fingerprint density at radius 3 is 2.31 bits per heavy atom. The Morgan fingerprint density at radius 2 is 1.92 bits per heavy atom. The van der Waals surface area contributed by atoms with Crippen LogP contribution in [-0.2, 0) is 16.1 Å². The molecule has 1 heterocycles. The standard InChI is InChI=1S/C6H5Cl2NO3S/c1-9-5(10)3-2-4(7)6(9)13(8,11)12/h2-3H,1H3. The van der Waals surface area contributed by atoms with Gasteiger partial charge in [-0.25, -0.2) is 8.42 Å². The van der Waals surface area contributed by atoms with E-state index in [1.165, 1.54) is 13.1 Å². The fraction of sp³-hybridized carbons (Fsp3) is 0.167. The summed E-state index contributed by atoms with van der Waals surface area (Å²) in [6.07, 6.45) is 0. The molecule has 0 saturated carbocycles. The van der Waals surface area contributed by atoms with E-state index in [0.29, 0.717) is 0 Å². The molecule has 0 aliphatic heterocycles. The molecule has 0 aliphatic rings. The van der Waals surface area contributed by atoms with Crippen LogP contribution in [0.2, 0.25) is 5.02 Å². The first kappa shape index (κ1) is 10.6. The molecule has 0 aliphatic carbocycles. The second-order valence-corrected chi connectivity index (χ2v) is 5.21. The fourth-order valence-electron chi connectivity index (χ4n) is 0.868. The summed E-state index contributed by atoms with van der Waals surface area (Å²) >= 11 is 5.56. The number of halogens is 2. The molecule has 0 aromatic carbocycles. The Balaban J connectivity index is 3.73. The maximum Gasteiger partial charge on any atom is 0.278 e. The van der Waals surface area contributed by atoms with Gasteiger partial charge in [0, 0.05) is 23.8 Å². The number of hydrogen-bond acceptors (Lipinski definition) is 3. The van der Waals surface area contributed by atoms with Crippen molar-refractivity contribution in [3.8, 4) is 0 Å². The molecule has 1 rings (SSSR count). The van der Waals surface area contributed by atoms with Crippen molar-refractivity contribution < 1.29 is 8.42 Å². The minimum atomic E-state index is -3.98. The molecular formula is C6H5Cl2NO3S. The number of hydrogen-bond donors (Lipinski definition) is 0. The summed E-state index contributed by atoms with van der Waals surface area (Å²) in [4.78, 5) is 11.0. The van der Waals surface area contributed by atoms with Gasteiger partial charge in [0.2, 0.25) is 0 Å². The molecule has 72 valence electrons. The average molecular weight is 242 g/mol. The monoisotopic (exact) mass is 241 g/mol. The molecule has 13 heavy (non-hydrogen) atoms. The van der Waals surface area contributed by atoms with Crippen molar-refractivity contribution in [2.45, 2.75) is 5.03 Å². The Morgan fingerprint density at radius 1 is 1.38 bits per heavy atom. The zero-order valence-electron chi connectivity index (χ0n) is 6.49. The Bertz CT molecular complexity index is 491. The quantitative estimate of drug-likeness (QED) is 0.689. The van der Waals surface area contributed by atoms with Crippen LogP contribution in [-0.4, -0.2) is 13.0 Å². The highest BCUT2D eigenvalue weighted by molar-refractivity contribution is 8.13. The lowest BCUT2D eigenvalue weighted by molar-refractivity contribution is 0.595. The van der Waals surface area contributed by atoms with Gasteiger partial charge in [-0.15, -0.1) is 0 Å². The van der Waals surface area contributed by atoms with Crippen molar-refractivity contribution in [1.29, 1.82) is 0 Å². The lowest BCUT2D eigenvalue weighted by Crippen LogP contribution is -2.20. The second-order valence-electron chi connectivity index (χ2n) is 2.32. The molecule has 4 nitrogen and oxygen atoms in total. The third kappa shape index (κ3) is 2.04. The number of aromatic nitrogens is 1. The van der Waals surface area contributed by atoms with E-state index in [1.54, 1.807) is 0 Å². The predicted molar refractivity (Wildman–Crippen MR) is 49.7 cm³/mol. The van der Waals surface area contributed by atoms with E-state index in [4.69, 9.17) is 22.3 Å². The van der Waals surface area contributed by atoms with E-state index in [2.05, 4.69) is 0 Å². The topological polar surface area (TPSA) is 56.1 Å². The Labute approximate surface area is 84.1 Å². The average Bonchev–Trinajstić information content (AvgIpc) is 1.95. The van der Waals surface area contributed by atoms with E-state index in [1.807, 2.05) is 0 Å². The van der Waals surface area contributed by atoms with Crippen molar-refractivity contribution in [3.05, 3.63) is 27.5 Å². The molecule has 0 spiro atoms. The smallest absolute Gasteiger partial charge is 0.278 e. The highest BCUT2D eigenvalue weighted by Gasteiger charge is 2.18. The first-order chi connectivity index (χ1) is 5.84. The van der Waals surface area contributed by atoms with Crippen LogP contribution in [0, 0.1) is 0 Å². The fourth-order valence-corrected chi connectivity index (χ4v) is 2.76. The minimum absolute atomic E-state index is 0.0721. The van der Waals surface area contributed by atoms with Gasteiger partial charge >= 0.3 is 0 Å². The molecule has 7 heteroatoms. The summed E-state index contributed by atoms with van der Waals surface area (Å²) < 4.78 is 22.8. The van der Waals surface area contributed by atoms with Crippen molar-refractivity contribution in [1.82, 2.24) is 4.57 Å². The van der Waals surface area contributed by atoms with E-state index < -0.39 is 14.6 Å². The molecular weight excluding hydrogens is 237 g/mol. The summed E-state index contributed by atoms with van der Waals surface area (Å²) in [5.41, 5.74) is -0.483. The number of rotatable bonds is 1. The lowest BCUT2D eigenvalue weighted by atomic mass is 10.5. The molecule has 0 unspecified atom stereocenters. The molecule has 0 N–H and O–H groups in total. The van der Waals surface area contributed by atoms with Crippen LogP contribution in [0.1, 0.15) is 0 Å². The third-order valence-electron chi connectivity index (χ3n) is 1.44. The van der Waals surface area contributed by atoms with Crippen LogP contribution in [0.3, 0.4) is 0 Å². The van der Waals surface area contributed by atoms with Gasteiger partial charge in [-0.1, -0.05) is 11.6 Å². The van der Waals surface area contributed by atoms with Crippen molar-refractivity contribution in [2.75, 3.05) is 0 Å². The molecule has 1 aromatic rings. The van der Waals surface area contributed by atoms with Crippen molar-refractivity contribution in [2.24, 2.45) is 7.05 Å². The van der Waals surface area contributed by atoms with Crippen LogP contribution < -0.4 is 5.56 Å². The summed E-state index contributed by atoms with van der Waals surface area (Å²) in [6.45, 7) is 0. The molecule has 0 radical (unpaired) electrons. The zero-order chi connectivity index (χ0) is 10.2. The minimum Gasteiger partial charge on any atom is -0.300 e. The summed E-state index contributed by atoms with van der Waals surface area (Å²) in [7, 11) is 2.37. The van der Waals surface area contributed by atoms with Gasteiger partial charge in [-0.3, -0.25) is 9.36 Å². The van der Waals surface area contributed by atoms with Gasteiger partial charge in [0.15, 0.2) is 5.03 Å². The van der Waals surface area contributed by atoms with E-state index >= 15 is 0 Å². The molecule has 0 amide bonds. The van der Waals surface area contributed by atoms with Gasteiger partial charge in [0.25, 0.3) is 14.6 Å². The summed E-state index contributed by atoms with van der Waals surface area (Å²) in [5, 5.41) is -0.458. The van der Waals surface area contributed by atoms with E-state index in [-0.39, 0.29) is 10.0 Å². The lowest BCUT2D eigenvalue weighted by Gasteiger charge is -2.04. The highest BCUT2D eigenvalue weighted by Crippen LogP contribution is 2.21. The normalized spacial score (nSPS) is 11.6. The molecule has 0 bridgehead atoms. The number of nitrogens with zero attached hydrogens (tertiary/aromatic N) is 1. The molecule has 0 fully saturated rings. The van der Waals surface area contributed by atoms with Gasteiger partial charge in [0.1, 0.15) is 0 Å². The van der Waals surface area contributed by atoms with E-state index in [9.17, 15) is 13.2 Å². The van der Waals surface area contributed by atoms with Crippen LogP contribution in [0.4, 0.5) is 0 Å². The Kier molecular flexibility index (Phi) is 2.70. The van der Waals surface area contributed by atoms with Gasteiger partial charge in [0.05, 0.1) is 5.02 Å². The van der Waals surface area contributed by atoms with Gasteiger partial charge in [-0.05, 0) is 6.07 Å². The first-order valence-electron chi connectivity index (χ1n) is 3.14. The summed E-state index contributed by atoms with van der Waals surface area (Å²) in [6, 6.07) is 2.35.